The number of nitrogens with zero attached hydrogens (tertiary/aromatic N) is 4. The molecule has 2 aromatic heterocycles. The predicted molar refractivity (Wildman–Crippen MR) is 105 cm³/mol. The van der Waals surface area contributed by atoms with Gasteiger partial charge in [-0.2, -0.15) is 5.21 Å². The second kappa shape index (κ2) is 7.56. The Labute approximate surface area is 165 Å². The third-order valence-electron chi connectivity index (χ3n) is 4.35. The molecule has 1 aromatic carbocycles. The van der Waals surface area contributed by atoms with Crippen molar-refractivity contribution in [3.63, 3.8) is 0 Å². The number of rotatable bonds is 6. The predicted octanol–water partition coefficient (Wildman–Crippen LogP) is 0.0987. The summed E-state index contributed by atoms with van der Waals surface area (Å²) < 4.78 is 25.2. The number of aromatic nitrogens is 5. The van der Waals surface area contributed by atoms with Crippen molar-refractivity contribution in [2.24, 2.45) is 10.9 Å². The van der Waals surface area contributed by atoms with Gasteiger partial charge in [0.05, 0.1) is 5.56 Å². The fraction of sp³-hybridized carbons (Fsp3) is 0.250. The number of hydrogen-bond acceptors (Lipinski definition) is 9. The minimum absolute atomic E-state index is 0.0125. The average molecular weight is 419 g/mol. The van der Waals surface area contributed by atoms with Gasteiger partial charge in [-0.1, -0.05) is 6.07 Å². The van der Waals surface area contributed by atoms with Crippen molar-refractivity contribution >= 4 is 21.8 Å². The molecule has 3 heterocycles. The van der Waals surface area contributed by atoms with E-state index in [2.05, 4.69) is 30.9 Å². The van der Waals surface area contributed by atoms with Gasteiger partial charge in [-0.3, -0.25) is 4.98 Å². The second-order valence-electron chi connectivity index (χ2n) is 6.28. The summed E-state index contributed by atoms with van der Waals surface area (Å²) in [5, 5.41) is 23.0. The lowest BCUT2D eigenvalue weighted by molar-refractivity contribution is 0.543. The molecular weight excluding hydrogens is 400 g/mol. The van der Waals surface area contributed by atoms with Crippen molar-refractivity contribution in [1.82, 2.24) is 30.9 Å². The summed E-state index contributed by atoms with van der Waals surface area (Å²) in [5.41, 5.74) is 8.11. The Hall–Kier alpha value is -2.38. The van der Waals surface area contributed by atoms with Crippen LogP contribution in [0.15, 0.2) is 40.4 Å². The fourth-order valence-electron chi connectivity index (χ4n) is 2.94. The number of primary sulfonamides is 1. The van der Waals surface area contributed by atoms with E-state index in [1.54, 1.807) is 18.5 Å². The van der Waals surface area contributed by atoms with Crippen molar-refractivity contribution in [2.75, 3.05) is 13.1 Å². The highest BCUT2D eigenvalue weighted by atomic mass is 32.2. The van der Waals surface area contributed by atoms with Crippen LogP contribution < -0.4 is 16.2 Å². The first-order chi connectivity index (χ1) is 13.5. The molecule has 28 heavy (non-hydrogen) atoms. The molecule has 0 unspecified atom stereocenters. The molecule has 3 aromatic rings. The lowest BCUT2D eigenvalue weighted by atomic mass is 9.99. The molecule has 0 amide bonds. The number of sulfonamides is 1. The van der Waals surface area contributed by atoms with E-state index in [1.165, 1.54) is 11.8 Å². The molecule has 12 heteroatoms. The maximum absolute atomic E-state index is 12.6. The van der Waals surface area contributed by atoms with E-state index in [0.29, 0.717) is 28.1 Å². The van der Waals surface area contributed by atoms with E-state index in [0.717, 1.165) is 18.7 Å². The van der Waals surface area contributed by atoms with Gasteiger partial charge in [-0.15, -0.1) is 22.0 Å². The van der Waals surface area contributed by atoms with Crippen molar-refractivity contribution in [2.45, 2.75) is 21.6 Å². The molecule has 1 saturated heterocycles. The molecule has 6 N–H and O–H groups in total. The van der Waals surface area contributed by atoms with Gasteiger partial charge in [0.25, 0.3) is 0 Å². The summed E-state index contributed by atoms with van der Waals surface area (Å²) in [7, 11) is -4.07. The molecule has 1 aliphatic heterocycles. The summed E-state index contributed by atoms with van der Waals surface area (Å²) in [6, 6.07) is 5.43. The van der Waals surface area contributed by atoms with Crippen LogP contribution in [-0.2, 0) is 16.6 Å². The van der Waals surface area contributed by atoms with Gasteiger partial charge in [0.1, 0.15) is 4.90 Å². The van der Waals surface area contributed by atoms with Crippen LogP contribution in [0.4, 0.5) is 0 Å². The molecule has 4 rings (SSSR count). The quantitative estimate of drug-likeness (QED) is 0.434. The van der Waals surface area contributed by atoms with Crippen LogP contribution in [0.1, 0.15) is 5.56 Å². The Bertz CT molecular complexity index is 1100. The third kappa shape index (κ3) is 3.64. The molecule has 0 aliphatic carbocycles. The van der Waals surface area contributed by atoms with Crippen LogP contribution in [0.3, 0.4) is 0 Å². The highest BCUT2D eigenvalue weighted by Crippen LogP contribution is 2.41. The molecular formula is C16H18N8O2S2. The van der Waals surface area contributed by atoms with E-state index in [1.807, 2.05) is 12.1 Å². The molecule has 1 aliphatic rings. The SMILES string of the molecule is NCc1cncc(-c2ccc(SC3CNC3)c(S(N)(=O)=O)c2-c2nn[nH]n2)c1. The standard InChI is InChI=1S/C16H18N8O2S2/c17-4-9-3-10(6-19-5-9)12-1-2-13(27-11-7-20-8-11)15(28(18,25)26)14(12)16-21-23-24-22-16/h1-3,5-6,11,20H,4,7-8,17H2,(H2,18,25,26)(H,21,22,23,24). The van der Waals surface area contributed by atoms with Crippen LogP contribution in [-0.4, -0.2) is 52.4 Å². The first kappa shape index (κ1) is 19.0. The molecule has 0 bridgehead atoms. The Balaban J connectivity index is 1.98. The van der Waals surface area contributed by atoms with Gasteiger partial charge < -0.3 is 11.1 Å². The molecule has 0 atom stereocenters. The average Bonchev–Trinajstić information content (AvgIpc) is 3.17. The maximum atomic E-state index is 12.6. The Morgan fingerprint density at radius 2 is 2.07 bits per heavy atom. The zero-order valence-corrected chi connectivity index (χ0v) is 16.3. The summed E-state index contributed by atoms with van der Waals surface area (Å²) >= 11 is 1.46. The van der Waals surface area contributed by atoms with E-state index in [-0.39, 0.29) is 16.0 Å². The number of tetrazole rings is 1. The van der Waals surface area contributed by atoms with Crippen molar-refractivity contribution in [3.8, 4) is 22.5 Å². The van der Waals surface area contributed by atoms with Crippen molar-refractivity contribution in [3.05, 3.63) is 36.2 Å². The number of nitrogens with two attached hydrogens (primary N) is 2. The third-order valence-corrected chi connectivity index (χ3v) is 6.74. The minimum atomic E-state index is -4.07. The lowest BCUT2D eigenvalue weighted by Gasteiger charge is -2.27. The maximum Gasteiger partial charge on any atom is 0.239 e. The number of hydrogen-bond donors (Lipinski definition) is 4. The van der Waals surface area contributed by atoms with E-state index in [4.69, 9.17) is 10.9 Å². The van der Waals surface area contributed by atoms with Gasteiger partial charge in [0.2, 0.25) is 15.8 Å². The number of aromatic amines is 1. The molecule has 0 spiro atoms. The summed E-state index contributed by atoms with van der Waals surface area (Å²) in [4.78, 5) is 4.74. The van der Waals surface area contributed by atoms with Crippen molar-refractivity contribution in [1.29, 1.82) is 0 Å². The number of nitrogens with one attached hydrogen (secondary N) is 2. The van der Waals surface area contributed by atoms with Crippen LogP contribution in [0.2, 0.25) is 0 Å². The highest BCUT2D eigenvalue weighted by Gasteiger charge is 2.29. The number of pyridine rings is 1. The molecule has 1 fully saturated rings. The topological polar surface area (TPSA) is 166 Å². The Morgan fingerprint density at radius 3 is 2.68 bits per heavy atom. The number of H-pyrrole nitrogens is 1. The normalized spacial score (nSPS) is 14.8. The molecule has 0 radical (unpaired) electrons. The van der Waals surface area contributed by atoms with Gasteiger partial charge in [-0.25, -0.2) is 13.6 Å². The second-order valence-corrected chi connectivity index (χ2v) is 9.12. The number of benzene rings is 1. The summed E-state index contributed by atoms with van der Waals surface area (Å²) in [6.07, 6.45) is 3.29. The summed E-state index contributed by atoms with van der Waals surface area (Å²) in [6.45, 7) is 1.91. The van der Waals surface area contributed by atoms with Gasteiger partial charge >= 0.3 is 0 Å². The van der Waals surface area contributed by atoms with E-state index in [9.17, 15) is 8.42 Å². The zero-order chi connectivity index (χ0) is 19.7. The monoisotopic (exact) mass is 418 g/mol. The molecule has 146 valence electrons. The van der Waals surface area contributed by atoms with Gasteiger partial charge in [0.15, 0.2) is 0 Å². The van der Waals surface area contributed by atoms with Crippen LogP contribution >= 0.6 is 11.8 Å². The fourth-order valence-corrected chi connectivity index (χ4v) is 5.38. The largest absolute Gasteiger partial charge is 0.326 e. The first-order valence-electron chi connectivity index (χ1n) is 8.42. The van der Waals surface area contributed by atoms with Crippen molar-refractivity contribution < 1.29 is 8.42 Å². The lowest BCUT2D eigenvalue weighted by Crippen LogP contribution is -2.44. The molecule has 10 nitrogen and oxygen atoms in total. The summed E-state index contributed by atoms with van der Waals surface area (Å²) in [5.74, 6) is 0.145. The van der Waals surface area contributed by atoms with Crippen LogP contribution in [0.25, 0.3) is 22.5 Å². The van der Waals surface area contributed by atoms with Crippen LogP contribution in [0, 0.1) is 0 Å². The van der Waals surface area contributed by atoms with Gasteiger partial charge in [0, 0.05) is 47.7 Å². The molecule has 0 saturated carbocycles. The minimum Gasteiger partial charge on any atom is -0.326 e. The van der Waals surface area contributed by atoms with E-state index >= 15 is 0 Å². The smallest absolute Gasteiger partial charge is 0.239 e. The van der Waals surface area contributed by atoms with Crippen LogP contribution in [0.5, 0.6) is 0 Å². The van der Waals surface area contributed by atoms with E-state index < -0.39 is 10.0 Å². The van der Waals surface area contributed by atoms with Gasteiger partial charge in [-0.05, 0) is 28.5 Å². The Kier molecular flexibility index (Phi) is 5.12. The highest BCUT2D eigenvalue weighted by molar-refractivity contribution is 8.00. The first-order valence-corrected chi connectivity index (χ1v) is 10.9. The zero-order valence-electron chi connectivity index (χ0n) is 14.7. The Morgan fingerprint density at radius 1 is 1.25 bits per heavy atom. The number of thioether (sulfide) groups is 1.